The first kappa shape index (κ1) is 12.8. The van der Waals surface area contributed by atoms with Crippen LogP contribution < -0.4 is 5.73 Å². The topological polar surface area (TPSA) is 72.1 Å². The van der Waals surface area contributed by atoms with E-state index in [1.807, 2.05) is 42.5 Å². The number of amides is 1. The summed E-state index contributed by atoms with van der Waals surface area (Å²) >= 11 is 0. The number of aromatic nitrogens is 2. The van der Waals surface area contributed by atoms with Crippen LogP contribution in [0.3, 0.4) is 0 Å². The Bertz CT molecular complexity index is 885. The SMILES string of the molecule is Nc1ncc2c(n1)CN(C(=O)c1cccc3ccccc13)C2. The average Bonchev–Trinajstić information content (AvgIpc) is 2.96. The van der Waals surface area contributed by atoms with Crippen molar-refractivity contribution in [3.05, 3.63) is 65.5 Å². The molecule has 1 aromatic heterocycles. The van der Waals surface area contributed by atoms with Gasteiger partial charge in [0, 0.05) is 23.9 Å². The van der Waals surface area contributed by atoms with Gasteiger partial charge in [0.15, 0.2) is 0 Å². The summed E-state index contributed by atoms with van der Waals surface area (Å²) < 4.78 is 0. The predicted molar refractivity (Wildman–Crippen MR) is 84.0 cm³/mol. The van der Waals surface area contributed by atoms with Crippen LogP contribution >= 0.6 is 0 Å². The van der Waals surface area contributed by atoms with E-state index in [1.54, 1.807) is 11.1 Å². The van der Waals surface area contributed by atoms with E-state index in [-0.39, 0.29) is 11.9 Å². The summed E-state index contributed by atoms with van der Waals surface area (Å²) in [6.45, 7) is 1.00. The molecule has 2 N–H and O–H groups in total. The molecular weight excluding hydrogens is 276 g/mol. The zero-order valence-corrected chi connectivity index (χ0v) is 11.9. The third-order valence-corrected chi connectivity index (χ3v) is 3.98. The molecule has 1 aliphatic heterocycles. The van der Waals surface area contributed by atoms with E-state index < -0.39 is 0 Å². The van der Waals surface area contributed by atoms with Crippen molar-refractivity contribution < 1.29 is 4.79 Å². The number of nitrogen functional groups attached to an aromatic ring is 1. The smallest absolute Gasteiger partial charge is 0.255 e. The Morgan fingerprint density at radius 2 is 1.91 bits per heavy atom. The molecule has 108 valence electrons. The Hall–Kier alpha value is -2.95. The maximum Gasteiger partial charge on any atom is 0.255 e. The molecular formula is C17H14N4O. The lowest BCUT2D eigenvalue weighted by Crippen LogP contribution is -2.25. The second-order valence-electron chi connectivity index (χ2n) is 5.39. The van der Waals surface area contributed by atoms with Crippen LogP contribution in [0, 0.1) is 0 Å². The molecule has 1 amide bonds. The van der Waals surface area contributed by atoms with E-state index in [2.05, 4.69) is 9.97 Å². The molecule has 1 aliphatic rings. The molecule has 2 aromatic carbocycles. The fourth-order valence-electron chi connectivity index (χ4n) is 2.89. The normalized spacial score (nSPS) is 13.4. The van der Waals surface area contributed by atoms with Crippen molar-refractivity contribution in [3.8, 4) is 0 Å². The molecule has 0 spiro atoms. The minimum absolute atomic E-state index is 0.00775. The van der Waals surface area contributed by atoms with Crippen LogP contribution in [0.4, 0.5) is 5.95 Å². The van der Waals surface area contributed by atoms with Crippen LogP contribution in [0.2, 0.25) is 0 Å². The average molecular weight is 290 g/mol. The van der Waals surface area contributed by atoms with Crippen LogP contribution in [0.25, 0.3) is 10.8 Å². The third-order valence-electron chi connectivity index (χ3n) is 3.98. The summed E-state index contributed by atoms with van der Waals surface area (Å²) in [7, 11) is 0. The van der Waals surface area contributed by atoms with Crippen LogP contribution in [0.1, 0.15) is 21.6 Å². The van der Waals surface area contributed by atoms with Gasteiger partial charge in [-0.15, -0.1) is 0 Å². The monoisotopic (exact) mass is 290 g/mol. The molecule has 0 saturated carbocycles. The van der Waals surface area contributed by atoms with E-state index in [4.69, 9.17) is 5.73 Å². The van der Waals surface area contributed by atoms with Gasteiger partial charge < -0.3 is 10.6 Å². The zero-order valence-electron chi connectivity index (χ0n) is 11.9. The molecule has 0 saturated heterocycles. The van der Waals surface area contributed by atoms with Gasteiger partial charge >= 0.3 is 0 Å². The lowest BCUT2D eigenvalue weighted by atomic mass is 10.0. The van der Waals surface area contributed by atoms with Crippen LogP contribution in [0.5, 0.6) is 0 Å². The first-order chi connectivity index (χ1) is 10.7. The summed E-state index contributed by atoms with van der Waals surface area (Å²) in [5.41, 5.74) is 8.12. The molecule has 0 unspecified atom stereocenters. The highest BCUT2D eigenvalue weighted by atomic mass is 16.2. The standard InChI is InChI=1S/C17H14N4O/c18-17-19-8-12-9-21(10-15(12)20-17)16(22)14-7-3-5-11-4-1-2-6-13(11)14/h1-8H,9-10H2,(H2,18,19,20). The van der Waals surface area contributed by atoms with Gasteiger partial charge in [0.2, 0.25) is 5.95 Å². The third kappa shape index (κ3) is 1.98. The fraction of sp³-hybridized carbons (Fsp3) is 0.118. The van der Waals surface area contributed by atoms with Gasteiger partial charge in [-0.25, -0.2) is 9.97 Å². The number of hydrogen-bond donors (Lipinski definition) is 1. The lowest BCUT2D eigenvalue weighted by Gasteiger charge is -2.16. The van der Waals surface area contributed by atoms with E-state index in [0.29, 0.717) is 18.7 Å². The lowest BCUT2D eigenvalue weighted by molar-refractivity contribution is 0.0752. The Morgan fingerprint density at radius 3 is 2.82 bits per heavy atom. The van der Waals surface area contributed by atoms with Crippen molar-refractivity contribution in [2.24, 2.45) is 0 Å². The number of carbonyl (C=O) groups is 1. The fourth-order valence-corrected chi connectivity index (χ4v) is 2.89. The highest BCUT2D eigenvalue weighted by molar-refractivity contribution is 6.07. The quantitative estimate of drug-likeness (QED) is 0.747. The van der Waals surface area contributed by atoms with Crippen molar-refractivity contribution in [1.29, 1.82) is 0 Å². The van der Waals surface area contributed by atoms with Gasteiger partial charge in [0.25, 0.3) is 5.91 Å². The number of anilines is 1. The summed E-state index contributed by atoms with van der Waals surface area (Å²) in [4.78, 5) is 22.9. The zero-order chi connectivity index (χ0) is 15.1. The molecule has 5 nitrogen and oxygen atoms in total. The molecule has 5 heteroatoms. The summed E-state index contributed by atoms with van der Waals surface area (Å²) in [6, 6.07) is 13.7. The van der Waals surface area contributed by atoms with Crippen molar-refractivity contribution in [1.82, 2.24) is 14.9 Å². The van der Waals surface area contributed by atoms with Gasteiger partial charge in [-0.2, -0.15) is 0 Å². The summed E-state index contributed by atoms with van der Waals surface area (Å²) in [6.07, 6.45) is 1.70. The van der Waals surface area contributed by atoms with Crippen molar-refractivity contribution in [2.45, 2.75) is 13.1 Å². The molecule has 4 rings (SSSR count). The molecule has 0 atom stereocenters. The molecule has 22 heavy (non-hydrogen) atoms. The molecule has 0 aliphatic carbocycles. The Labute approximate surface area is 127 Å². The van der Waals surface area contributed by atoms with E-state index in [1.165, 1.54) is 0 Å². The first-order valence-electron chi connectivity index (χ1n) is 7.10. The van der Waals surface area contributed by atoms with Crippen LogP contribution in [0.15, 0.2) is 48.7 Å². The second kappa shape index (κ2) is 4.80. The summed E-state index contributed by atoms with van der Waals surface area (Å²) in [5, 5.41) is 2.03. The number of nitrogens with two attached hydrogens (primary N) is 1. The highest BCUT2D eigenvalue weighted by Crippen LogP contribution is 2.25. The van der Waals surface area contributed by atoms with E-state index in [0.717, 1.165) is 22.0 Å². The molecule has 0 radical (unpaired) electrons. The Balaban J connectivity index is 1.71. The van der Waals surface area contributed by atoms with Gasteiger partial charge in [0.1, 0.15) is 0 Å². The predicted octanol–water partition coefficient (Wildman–Crippen LogP) is 2.37. The molecule has 0 fully saturated rings. The number of benzene rings is 2. The minimum Gasteiger partial charge on any atom is -0.368 e. The maximum atomic E-state index is 12.9. The minimum atomic E-state index is 0.00775. The van der Waals surface area contributed by atoms with Gasteiger partial charge in [0.05, 0.1) is 12.2 Å². The van der Waals surface area contributed by atoms with Gasteiger partial charge in [-0.3, -0.25) is 4.79 Å². The van der Waals surface area contributed by atoms with Crippen molar-refractivity contribution >= 4 is 22.6 Å². The molecule has 2 heterocycles. The number of nitrogens with zero attached hydrogens (tertiary/aromatic N) is 3. The highest BCUT2D eigenvalue weighted by Gasteiger charge is 2.26. The largest absolute Gasteiger partial charge is 0.368 e. The van der Waals surface area contributed by atoms with Crippen molar-refractivity contribution in [2.75, 3.05) is 5.73 Å². The van der Waals surface area contributed by atoms with Crippen LogP contribution in [-0.2, 0) is 13.1 Å². The summed E-state index contributed by atoms with van der Waals surface area (Å²) in [5.74, 6) is 0.256. The number of hydrogen-bond acceptors (Lipinski definition) is 4. The Morgan fingerprint density at radius 1 is 1.09 bits per heavy atom. The number of rotatable bonds is 1. The first-order valence-corrected chi connectivity index (χ1v) is 7.10. The molecule has 0 bridgehead atoms. The Kier molecular flexibility index (Phi) is 2.79. The maximum absolute atomic E-state index is 12.9. The van der Waals surface area contributed by atoms with Gasteiger partial charge in [-0.05, 0) is 16.8 Å². The van der Waals surface area contributed by atoms with Crippen molar-refractivity contribution in [3.63, 3.8) is 0 Å². The second-order valence-corrected chi connectivity index (χ2v) is 5.39. The number of carbonyl (C=O) groups excluding carboxylic acids is 1. The van der Waals surface area contributed by atoms with E-state index in [9.17, 15) is 4.79 Å². The van der Waals surface area contributed by atoms with E-state index >= 15 is 0 Å². The number of fused-ring (bicyclic) bond motifs is 2. The van der Waals surface area contributed by atoms with Gasteiger partial charge in [-0.1, -0.05) is 36.4 Å². The van der Waals surface area contributed by atoms with Crippen LogP contribution in [-0.4, -0.2) is 20.8 Å². The molecule has 3 aromatic rings.